The van der Waals surface area contributed by atoms with Crippen molar-refractivity contribution in [2.75, 3.05) is 33.4 Å². The molecule has 1 aliphatic heterocycles. The van der Waals surface area contributed by atoms with Crippen LogP contribution in [0.4, 0.5) is 0 Å². The SMILES string of the molecule is CC(=O)OC1CN(C)CCC1COC/C=C/I. The van der Waals surface area contributed by atoms with E-state index >= 15 is 0 Å². The van der Waals surface area contributed by atoms with E-state index in [1.54, 1.807) is 0 Å². The maximum atomic E-state index is 11.0. The largest absolute Gasteiger partial charge is 0.461 e. The summed E-state index contributed by atoms with van der Waals surface area (Å²) in [6, 6.07) is 0. The molecular formula is C12H20INO3. The molecule has 0 aromatic carbocycles. The predicted octanol–water partition coefficient (Wildman–Crippen LogP) is 1.84. The second kappa shape index (κ2) is 8.05. The van der Waals surface area contributed by atoms with Crippen LogP contribution in [-0.2, 0) is 14.3 Å². The predicted molar refractivity (Wildman–Crippen MR) is 75.1 cm³/mol. The molecule has 0 bridgehead atoms. The Morgan fingerprint density at radius 2 is 2.35 bits per heavy atom. The van der Waals surface area contributed by atoms with Gasteiger partial charge in [-0.05, 0) is 24.1 Å². The van der Waals surface area contributed by atoms with Crippen LogP contribution in [0.3, 0.4) is 0 Å². The molecular weight excluding hydrogens is 333 g/mol. The third-order valence-electron chi connectivity index (χ3n) is 2.85. The van der Waals surface area contributed by atoms with Crippen molar-refractivity contribution in [2.45, 2.75) is 19.4 Å². The van der Waals surface area contributed by atoms with E-state index in [1.807, 2.05) is 17.2 Å². The molecule has 0 amide bonds. The Balaban J connectivity index is 2.39. The normalized spacial score (nSPS) is 26.3. The summed E-state index contributed by atoms with van der Waals surface area (Å²) in [5, 5.41) is 0. The summed E-state index contributed by atoms with van der Waals surface area (Å²) in [6.07, 6.45) is 2.95. The lowest BCUT2D eigenvalue weighted by molar-refractivity contribution is -0.153. The first-order valence-electron chi connectivity index (χ1n) is 5.82. The number of likely N-dealkylation sites (N-methyl/N-ethyl adjacent to an activating group) is 1. The highest BCUT2D eigenvalue weighted by Crippen LogP contribution is 2.20. The van der Waals surface area contributed by atoms with Crippen molar-refractivity contribution in [1.29, 1.82) is 0 Å². The van der Waals surface area contributed by atoms with E-state index in [0.29, 0.717) is 19.1 Å². The van der Waals surface area contributed by atoms with Crippen LogP contribution in [0.2, 0.25) is 0 Å². The summed E-state index contributed by atoms with van der Waals surface area (Å²) in [5.41, 5.74) is 0. The van der Waals surface area contributed by atoms with Crippen molar-refractivity contribution in [1.82, 2.24) is 4.90 Å². The molecule has 2 unspecified atom stereocenters. The standard InChI is InChI=1S/C12H20INO3/c1-10(15)17-12-8-14(2)6-4-11(12)9-16-7-3-5-13/h3,5,11-12H,4,6-9H2,1-2H3/b5-3+. The highest BCUT2D eigenvalue weighted by atomic mass is 127. The monoisotopic (exact) mass is 353 g/mol. The average Bonchev–Trinajstić information content (AvgIpc) is 2.26. The van der Waals surface area contributed by atoms with Crippen LogP contribution in [0.25, 0.3) is 0 Å². The van der Waals surface area contributed by atoms with Gasteiger partial charge < -0.3 is 14.4 Å². The van der Waals surface area contributed by atoms with E-state index in [1.165, 1.54) is 6.92 Å². The minimum atomic E-state index is -0.206. The summed E-state index contributed by atoms with van der Waals surface area (Å²) < 4.78 is 12.9. The van der Waals surface area contributed by atoms with Crippen LogP contribution in [0.5, 0.6) is 0 Å². The first kappa shape index (κ1) is 14.9. The van der Waals surface area contributed by atoms with Crippen molar-refractivity contribution in [3.8, 4) is 0 Å². The summed E-state index contributed by atoms with van der Waals surface area (Å²) in [7, 11) is 2.05. The number of halogens is 1. The number of hydrogen-bond donors (Lipinski definition) is 0. The smallest absolute Gasteiger partial charge is 0.302 e. The molecule has 4 nitrogen and oxygen atoms in total. The van der Waals surface area contributed by atoms with Crippen LogP contribution >= 0.6 is 22.6 Å². The Kier molecular flexibility index (Phi) is 7.06. The zero-order valence-electron chi connectivity index (χ0n) is 10.4. The van der Waals surface area contributed by atoms with Crippen LogP contribution in [0, 0.1) is 5.92 Å². The van der Waals surface area contributed by atoms with E-state index in [2.05, 4.69) is 27.5 Å². The molecule has 1 saturated heterocycles. The molecule has 1 fully saturated rings. The van der Waals surface area contributed by atoms with Crippen molar-refractivity contribution in [3.05, 3.63) is 10.2 Å². The molecule has 17 heavy (non-hydrogen) atoms. The molecule has 0 spiro atoms. The van der Waals surface area contributed by atoms with Crippen LogP contribution < -0.4 is 0 Å². The molecule has 1 aliphatic rings. The van der Waals surface area contributed by atoms with Gasteiger partial charge in [0, 0.05) is 19.4 Å². The summed E-state index contributed by atoms with van der Waals surface area (Å²) in [6.45, 7) is 4.59. The van der Waals surface area contributed by atoms with Crippen molar-refractivity contribution in [2.24, 2.45) is 5.92 Å². The number of hydrogen-bond acceptors (Lipinski definition) is 4. The van der Waals surface area contributed by atoms with Gasteiger partial charge in [0.1, 0.15) is 6.10 Å². The number of carbonyl (C=O) groups is 1. The zero-order chi connectivity index (χ0) is 12.7. The fraction of sp³-hybridized carbons (Fsp3) is 0.750. The topological polar surface area (TPSA) is 38.8 Å². The van der Waals surface area contributed by atoms with Crippen molar-refractivity contribution < 1.29 is 14.3 Å². The zero-order valence-corrected chi connectivity index (χ0v) is 12.6. The minimum Gasteiger partial charge on any atom is -0.461 e. The molecule has 1 heterocycles. The lowest BCUT2D eigenvalue weighted by Crippen LogP contribution is -2.45. The quantitative estimate of drug-likeness (QED) is 0.430. The molecule has 0 aromatic rings. The van der Waals surface area contributed by atoms with Gasteiger partial charge in [0.15, 0.2) is 0 Å². The lowest BCUT2D eigenvalue weighted by atomic mass is 9.95. The number of nitrogens with zero attached hydrogens (tertiary/aromatic N) is 1. The van der Waals surface area contributed by atoms with Gasteiger partial charge in [-0.1, -0.05) is 28.7 Å². The molecule has 0 saturated carbocycles. The van der Waals surface area contributed by atoms with E-state index < -0.39 is 0 Å². The Labute approximate surface area is 116 Å². The Morgan fingerprint density at radius 1 is 1.59 bits per heavy atom. The third kappa shape index (κ3) is 5.83. The molecule has 5 heteroatoms. The van der Waals surface area contributed by atoms with E-state index in [9.17, 15) is 4.79 Å². The van der Waals surface area contributed by atoms with Crippen molar-refractivity contribution >= 4 is 28.6 Å². The molecule has 2 atom stereocenters. The van der Waals surface area contributed by atoms with Gasteiger partial charge in [-0.2, -0.15) is 0 Å². The van der Waals surface area contributed by atoms with Crippen LogP contribution in [0.15, 0.2) is 10.2 Å². The van der Waals surface area contributed by atoms with Gasteiger partial charge >= 0.3 is 5.97 Å². The maximum absolute atomic E-state index is 11.0. The van der Waals surface area contributed by atoms with E-state index in [-0.39, 0.29) is 12.1 Å². The average molecular weight is 353 g/mol. The Bertz CT molecular complexity index is 270. The second-order valence-corrected chi connectivity index (χ2v) is 5.08. The number of ether oxygens (including phenoxy) is 2. The number of piperidine rings is 1. The van der Waals surface area contributed by atoms with Crippen molar-refractivity contribution in [3.63, 3.8) is 0 Å². The first-order chi connectivity index (χ1) is 8.13. The summed E-state index contributed by atoms with van der Waals surface area (Å²) >= 11 is 2.17. The molecule has 0 aliphatic carbocycles. The van der Waals surface area contributed by atoms with E-state index in [4.69, 9.17) is 9.47 Å². The lowest BCUT2D eigenvalue weighted by Gasteiger charge is -2.35. The van der Waals surface area contributed by atoms with Gasteiger partial charge in [0.25, 0.3) is 0 Å². The Hall–Kier alpha value is -0.140. The van der Waals surface area contributed by atoms with Gasteiger partial charge in [0.2, 0.25) is 0 Å². The molecule has 0 N–H and O–H groups in total. The molecule has 0 aromatic heterocycles. The highest BCUT2D eigenvalue weighted by Gasteiger charge is 2.30. The molecule has 98 valence electrons. The summed E-state index contributed by atoms with van der Waals surface area (Å²) in [5.74, 6) is 0.111. The molecule has 1 rings (SSSR count). The number of esters is 1. The second-order valence-electron chi connectivity index (χ2n) is 4.36. The molecule has 0 radical (unpaired) electrons. The number of carbonyl (C=O) groups excluding carboxylic acids is 1. The van der Waals surface area contributed by atoms with Gasteiger partial charge in [0.05, 0.1) is 13.2 Å². The number of rotatable bonds is 5. The fourth-order valence-corrected chi connectivity index (χ4v) is 2.19. The first-order valence-corrected chi connectivity index (χ1v) is 7.06. The van der Waals surface area contributed by atoms with Gasteiger partial charge in [-0.25, -0.2) is 0 Å². The van der Waals surface area contributed by atoms with E-state index in [0.717, 1.165) is 19.5 Å². The Morgan fingerprint density at radius 3 is 3.00 bits per heavy atom. The van der Waals surface area contributed by atoms with Gasteiger partial charge in [-0.3, -0.25) is 4.79 Å². The highest BCUT2D eigenvalue weighted by molar-refractivity contribution is 14.1. The summed E-state index contributed by atoms with van der Waals surface area (Å²) in [4.78, 5) is 13.2. The fourth-order valence-electron chi connectivity index (χ4n) is 1.98. The van der Waals surface area contributed by atoms with Crippen LogP contribution in [0.1, 0.15) is 13.3 Å². The number of likely N-dealkylation sites (tertiary alicyclic amines) is 1. The van der Waals surface area contributed by atoms with Crippen LogP contribution in [-0.4, -0.2) is 50.3 Å². The third-order valence-corrected chi connectivity index (χ3v) is 3.36. The minimum absolute atomic E-state index is 0.0326. The van der Waals surface area contributed by atoms with Gasteiger partial charge in [-0.15, -0.1) is 0 Å². The maximum Gasteiger partial charge on any atom is 0.302 e.